The van der Waals surface area contributed by atoms with Gasteiger partial charge in [0.05, 0.1) is 11.0 Å². The summed E-state index contributed by atoms with van der Waals surface area (Å²) >= 11 is 3.60. The summed E-state index contributed by atoms with van der Waals surface area (Å²) in [6.07, 6.45) is 3.33. The zero-order valence-electron chi connectivity index (χ0n) is 13.5. The monoisotopic (exact) mass is 370 g/mol. The Labute approximate surface area is 136 Å². The Balaban J connectivity index is 3.42. The highest BCUT2D eigenvalue weighted by molar-refractivity contribution is 9.10. The van der Waals surface area contributed by atoms with Crippen molar-refractivity contribution >= 4 is 24.0 Å². The van der Waals surface area contributed by atoms with Gasteiger partial charge in [0.25, 0.3) is 5.70 Å². The summed E-state index contributed by atoms with van der Waals surface area (Å²) in [5.74, 6) is 3.21. The molecule has 0 saturated carbocycles. The van der Waals surface area contributed by atoms with Gasteiger partial charge in [-0.15, -0.1) is 5.54 Å². The summed E-state index contributed by atoms with van der Waals surface area (Å²) in [6, 6.07) is -0.548. The van der Waals surface area contributed by atoms with Crippen LogP contribution in [-0.4, -0.2) is 23.4 Å². The minimum Gasteiger partial charge on any atom is -0.322 e. The minimum absolute atomic E-state index is 0.0832. The van der Waals surface area contributed by atoms with Crippen LogP contribution >= 0.6 is 15.9 Å². The summed E-state index contributed by atoms with van der Waals surface area (Å²) in [5.41, 5.74) is 9.81. The molecule has 0 saturated heterocycles. The standard InChI is InChI=1S/C15H23BrN2O2Si/c1-14(2,3)11-10-15(16,7-8-21(4,5)6)13(17)9-12(11)18(19)20/h9-10,13H,17H2,1-6H3. The van der Waals surface area contributed by atoms with Crippen LogP contribution in [0.5, 0.6) is 0 Å². The zero-order chi connectivity index (χ0) is 16.6. The van der Waals surface area contributed by atoms with E-state index < -0.39 is 18.4 Å². The molecule has 6 heteroatoms. The van der Waals surface area contributed by atoms with E-state index in [0.29, 0.717) is 5.57 Å². The number of halogens is 1. The molecule has 1 aliphatic rings. The summed E-state index contributed by atoms with van der Waals surface area (Å²) in [6.45, 7) is 12.3. The van der Waals surface area contributed by atoms with Gasteiger partial charge in [0, 0.05) is 11.6 Å². The average Bonchev–Trinajstić information content (AvgIpc) is 2.27. The molecule has 0 aromatic carbocycles. The number of hydrogen-bond acceptors (Lipinski definition) is 3. The first-order valence-corrected chi connectivity index (χ1v) is 11.1. The molecule has 1 aliphatic carbocycles. The van der Waals surface area contributed by atoms with E-state index in [2.05, 4.69) is 47.0 Å². The van der Waals surface area contributed by atoms with E-state index in [1.54, 1.807) is 0 Å². The molecule has 1 rings (SSSR count). The predicted octanol–water partition coefficient (Wildman–Crippen LogP) is 3.47. The number of rotatable bonds is 1. The normalized spacial score (nSPS) is 26.4. The average molecular weight is 371 g/mol. The molecule has 0 amide bonds. The molecule has 0 fully saturated rings. The van der Waals surface area contributed by atoms with E-state index >= 15 is 0 Å². The lowest BCUT2D eigenvalue weighted by Crippen LogP contribution is -2.43. The van der Waals surface area contributed by atoms with E-state index in [1.165, 1.54) is 6.08 Å². The van der Waals surface area contributed by atoms with Gasteiger partial charge in [0.15, 0.2) is 0 Å². The Hall–Kier alpha value is -0.903. The fraction of sp³-hybridized carbons (Fsp3) is 0.600. The number of nitro groups is 1. The highest BCUT2D eigenvalue weighted by atomic mass is 79.9. The molecule has 0 aromatic rings. The quantitative estimate of drug-likeness (QED) is 0.252. The molecular formula is C15H23BrN2O2Si. The summed E-state index contributed by atoms with van der Waals surface area (Å²) < 4.78 is -0.741. The molecule has 2 unspecified atom stereocenters. The third-order valence-corrected chi connectivity index (χ3v) is 4.92. The molecule has 116 valence electrons. The highest BCUT2D eigenvalue weighted by Gasteiger charge is 2.41. The van der Waals surface area contributed by atoms with Crippen LogP contribution in [0.2, 0.25) is 19.6 Å². The second kappa shape index (κ2) is 5.71. The van der Waals surface area contributed by atoms with Crippen molar-refractivity contribution in [3.63, 3.8) is 0 Å². The van der Waals surface area contributed by atoms with Crippen molar-refractivity contribution in [3.05, 3.63) is 33.5 Å². The number of alkyl halides is 1. The molecule has 0 spiro atoms. The molecule has 21 heavy (non-hydrogen) atoms. The van der Waals surface area contributed by atoms with Crippen molar-refractivity contribution in [1.29, 1.82) is 0 Å². The Morgan fingerprint density at radius 2 is 1.95 bits per heavy atom. The van der Waals surface area contributed by atoms with Gasteiger partial charge >= 0.3 is 0 Å². The van der Waals surface area contributed by atoms with Crippen LogP contribution in [0.4, 0.5) is 0 Å². The van der Waals surface area contributed by atoms with E-state index in [-0.39, 0.29) is 16.0 Å². The van der Waals surface area contributed by atoms with Crippen LogP contribution in [0.15, 0.2) is 23.4 Å². The SMILES string of the molecule is CC(C)(C)C1=CC(Br)(C#C[Si](C)(C)C)C(N)C=C1[N+](=O)[O-]. The van der Waals surface area contributed by atoms with Crippen LogP contribution in [0.1, 0.15) is 20.8 Å². The maximum atomic E-state index is 11.3. The second-order valence-electron chi connectivity index (χ2n) is 7.41. The van der Waals surface area contributed by atoms with Gasteiger partial charge in [-0.2, -0.15) is 0 Å². The fourth-order valence-electron chi connectivity index (χ4n) is 1.92. The highest BCUT2D eigenvalue weighted by Crippen LogP contribution is 2.40. The fourth-order valence-corrected chi connectivity index (χ4v) is 3.15. The van der Waals surface area contributed by atoms with Gasteiger partial charge in [-0.25, -0.2) is 0 Å². The molecule has 0 bridgehead atoms. The Kier molecular flexibility index (Phi) is 4.93. The molecule has 2 N–H and O–H groups in total. The number of nitrogens with two attached hydrogens (primary N) is 1. The third kappa shape index (κ3) is 4.53. The first-order chi connectivity index (χ1) is 9.26. The van der Waals surface area contributed by atoms with E-state index in [1.807, 2.05) is 26.8 Å². The molecular weight excluding hydrogens is 348 g/mol. The van der Waals surface area contributed by atoms with Crippen LogP contribution in [0.3, 0.4) is 0 Å². The largest absolute Gasteiger partial charge is 0.322 e. The summed E-state index contributed by atoms with van der Waals surface area (Å²) in [5, 5.41) is 11.3. The molecule has 0 heterocycles. The van der Waals surface area contributed by atoms with E-state index in [0.717, 1.165) is 0 Å². The lowest BCUT2D eigenvalue weighted by Gasteiger charge is -2.32. The van der Waals surface area contributed by atoms with Gasteiger partial charge in [-0.1, -0.05) is 62.3 Å². The van der Waals surface area contributed by atoms with E-state index in [4.69, 9.17) is 5.73 Å². The molecule has 0 aromatic heterocycles. The zero-order valence-corrected chi connectivity index (χ0v) is 16.0. The number of hydrogen-bond donors (Lipinski definition) is 1. The topological polar surface area (TPSA) is 69.2 Å². The van der Waals surface area contributed by atoms with Gasteiger partial charge in [0.1, 0.15) is 12.4 Å². The van der Waals surface area contributed by atoms with Gasteiger partial charge in [-0.3, -0.25) is 10.1 Å². The Morgan fingerprint density at radius 1 is 1.43 bits per heavy atom. The summed E-state index contributed by atoms with van der Waals surface area (Å²) in [4.78, 5) is 10.9. The number of nitrogens with zero attached hydrogens (tertiary/aromatic N) is 1. The maximum absolute atomic E-state index is 11.3. The molecule has 2 atom stereocenters. The molecule has 0 radical (unpaired) electrons. The smallest absolute Gasteiger partial charge is 0.270 e. The van der Waals surface area contributed by atoms with Crippen LogP contribution in [0.25, 0.3) is 0 Å². The third-order valence-electron chi connectivity index (χ3n) is 3.09. The van der Waals surface area contributed by atoms with Gasteiger partial charge < -0.3 is 5.73 Å². The van der Waals surface area contributed by atoms with E-state index in [9.17, 15) is 10.1 Å². The van der Waals surface area contributed by atoms with Crippen LogP contribution in [0, 0.1) is 27.0 Å². The first kappa shape index (κ1) is 18.1. The Bertz CT molecular complexity index is 573. The second-order valence-corrected chi connectivity index (χ2v) is 13.5. The van der Waals surface area contributed by atoms with Crippen molar-refractivity contribution in [1.82, 2.24) is 0 Å². The maximum Gasteiger partial charge on any atom is 0.270 e. The molecule has 4 nitrogen and oxygen atoms in total. The first-order valence-electron chi connectivity index (χ1n) is 6.85. The van der Waals surface area contributed by atoms with Crippen molar-refractivity contribution in [2.75, 3.05) is 0 Å². The minimum atomic E-state index is -1.56. The lowest BCUT2D eigenvalue weighted by molar-refractivity contribution is -0.422. The van der Waals surface area contributed by atoms with Crippen molar-refractivity contribution in [2.24, 2.45) is 11.1 Å². The summed E-state index contributed by atoms with van der Waals surface area (Å²) in [7, 11) is -1.56. The van der Waals surface area contributed by atoms with Crippen molar-refractivity contribution in [3.8, 4) is 11.5 Å². The number of allylic oxidation sites excluding steroid dienone is 1. The van der Waals surface area contributed by atoms with Gasteiger partial charge in [0.2, 0.25) is 0 Å². The van der Waals surface area contributed by atoms with Gasteiger partial charge in [-0.05, 0) is 11.5 Å². The lowest BCUT2D eigenvalue weighted by atomic mass is 9.78. The Morgan fingerprint density at radius 3 is 2.33 bits per heavy atom. The van der Waals surface area contributed by atoms with Crippen molar-refractivity contribution in [2.45, 2.75) is 50.8 Å². The van der Waals surface area contributed by atoms with Crippen LogP contribution < -0.4 is 5.73 Å². The van der Waals surface area contributed by atoms with Crippen LogP contribution in [-0.2, 0) is 0 Å². The molecule has 0 aliphatic heterocycles. The predicted molar refractivity (Wildman–Crippen MR) is 93.4 cm³/mol. The van der Waals surface area contributed by atoms with Crippen molar-refractivity contribution < 1.29 is 4.92 Å².